The van der Waals surface area contributed by atoms with Crippen molar-refractivity contribution in [1.82, 2.24) is 20.0 Å². The monoisotopic (exact) mass is 292 g/mol. The van der Waals surface area contributed by atoms with Crippen LogP contribution in [0.15, 0.2) is 4.42 Å². The van der Waals surface area contributed by atoms with Crippen LogP contribution in [0.1, 0.15) is 50.8 Å². The molecule has 0 spiro atoms. The van der Waals surface area contributed by atoms with Crippen molar-refractivity contribution in [2.45, 2.75) is 64.6 Å². The molecular weight excluding hydrogens is 268 g/mol. The first-order valence-electron chi connectivity index (χ1n) is 8.01. The Bertz CT molecular complexity index is 502. The van der Waals surface area contributed by atoms with Gasteiger partial charge in [0.25, 0.3) is 0 Å². The van der Waals surface area contributed by atoms with Crippen LogP contribution in [-0.4, -0.2) is 51.1 Å². The lowest BCUT2D eigenvalue weighted by Crippen LogP contribution is -2.47. The molecule has 1 aromatic heterocycles. The minimum atomic E-state index is 0.290. The lowest BCUT2D eigenvalue weighted by molar-refractivity contribution is -0.132. The highest BCUT2D eigenvalue weighted by Crippen LogP contribution is 2.31. The molecule has 2 saturated heterocycles. The zero-order valence-corrected chi connectivity index (χ0v) is 12.9. The summed E-state index contributed by atoms with van der Waals surface area (Å²) < 4.78 is 5.51. The van der Waals surface area contributed by atoms with Gasteiger partial charge in [-0.2, -0.15) is 0 Å². The molecule has 3 rings (SSSR count). The van der Waals surface area contributed by atoms with E-state index in [-0.39, 0.29) is 5.91 Å². The second-order valence-corrected chi connectivity index (χ2v) is 6.05. The second-order valence-electron chi connectivity index (χ2n) is 6.05. The van der Waals surface area contributed by atoms with Gasteiger partial charge in [-0.15, -0.1) is 10.2 Å². The molecule has 0 radical (unpaired) electrons. The van der Waals surface area contributed by atoms with Crippen molar-refractivity contribution >= 4 is 5.91 Å². The molecule has 2 fully saturated rings. The van der Waals surface area contributed by atoms with Crippen LogP contribution in [-0.2, 0) is 11.3 Å². The zero-order chi connectivity index (χ0) is 14.8. The summed E-state index contributed by atoms with van der Waals surface area (Å²) >= 11 is 0. The highest BCUT2D eigenvalue weighted by atomic mass is 16.4. The Hall–Kier alpha value is -1.43. The third-order valence-corrected chi connectivity index (χ3v) is 4.69. The molecule has 2 atom stereocenters. The quantitative estimate of drug-likeness (QED) is 0.846. The van der Waals surface area contributed by atoms with Gasteiger partial charge < -0.3 is 9.32 Å². The number of nitrogens with zero attached hydrogens (tertiary/aromatic N) is 4. The number of rotatable bonds is 4. The maximum Gasteiger partial charge on any atom is 0.230 e. The Balaban J connectivity index is 1.69. The van der Waals surface area contributed by atoms with Gasteiger partial charge in [-0.3, -0.25) is 9.69 Å². The SMILES string of the molecule is CCC(=O)N1CCCC1C1CCCN1Cc1nnc(C)o1. The molecule has 116 valence electrons. The number of likely N-dealkylation sites (tertiary alicyclic amines) is 2. The molecule has 2 unspecified atom stereocenters. The Morgan fingerprint density at radius 3 is 2.71 bits per heavy atom. The minimum absolute atomic E-state index is 0.290. The highest BCUT2D eigenvalue weighted by molar-refractivity contribution is 5.76. The molecular formula is C15H24N4O2. The molecule has 21 heavy (non-hydrogen) atoms. The standard InChI is InChI=1S/C15H24N4O2/c1-3-15(20)19-9-5-7-13(19)12-6-4-8-18(12)10-14-17-16-11(2)21-14/h12-13H,3-10H2,1-2H3. The lowest BCUT2D eigenvalue weighted by Gasteiger charge is -2.34. The average molecular weight is 292 g/mol. The van der Waals surface area contributed by atoms with E-state index in [0.29, 0.717) is 36.8 Å². The Labute approximate surface area is 125 Å². The molecule has 3 heterocycles. The first kappa shape index (κ1) is 14.5. The van der Waals surface area contributed by atoms with Gasteiger partial charge in [-0.05, 0) is 32.2 Å². The van der Waals surface area contributed by atoms with E-state index in [1.807, 2.05) is 13.8 Å². The summed E-state index contributed by atoms with van der Waals surface area (Å²) in [5.74, 6) is 1.59. The first-order valence-corrected chi connectivity index (χ1v) is 8.01. The normalized spacial score (nSPS) is 26.7. The molecule has 6 heteroatoms. The number of carbonyl (C=O) groups is 1. The Kier molecular flexibility index (Phi) is 4.24. The molecule has 0 aromatic carbocycles. The van der Waals surface area contributed by atoms with E-state index in [1.54, 1.807) is 0 Å². The fourth-order valence-corrected chi connectivity index (χ4v) is 3.76. The van der Waals surface area contributed by atoms with E-state index in [2.05, 4.69) is 20.0 Å². The van der Waals surface area contributed by atoms with Gasteiger partial charge in [-0.1, -0.05) is 6.92 Å². The van der Waals surface area contributed by atoms with Crippen LogP contribution in [0.25, 0.3) is 0 Å². The summed E-state index contributed by atoms with van der Waals surface area (Å²) in [6.07, 6.45) is 5.19. The summed E-state index contributed by atoms with van der Waals surface area (Å²) in [4.78, 5) is 16.6. The van der Waals surface area contributed by atoms with Crippen molar-refractivity contribution < 1.29 is 9.21 Å². The van der Waals surface area contributed by atoms with Gasteiger partial charge in [0.15, 0.2) is 0 Å². The van der Waals surface area contributed by atoms with Crippen LogP contribution in [0, 0.1) is 6.92 Å². The maximum atomic E-state index is 12.1. The van der Waals surface area contributed by atoms with Gasteiger partial charge in [0.1, 0.15) is 0 Å². The van der Waals surface area contributed by atoms with Crippen molar-refractivity contribution in [1.29, 1.82) is 0 Å². The average Bonchev–Trinajstić information content (AvgIpc) is 3.18. The van der Waals surface area contributed by atoms with E-state index in [1.165, 1.54) is 6.42 Å². The third-order valence-electron chi connectivity index (χ3n) is 4.69. The number of hydrogen-bond acceptors (Lipinski definition) is 5. The molecule has 1 aromatic rings. The topological polar surface area (TPSA) is 62.5 Å². The largest absolute Gasteiger partial charge is 0.424 e. The van der Waals surface area contributed by atoms with Crippen molar-refractivity contribution in [3.8, 4) is 0 Å². The molecule has 1 amide bonds. The smallest absolute Gasteiger partial charge is 0.230 e. The third kappa shape index (κ3) is 2.95. The number of aryl methyl sites for hydroxylation is 1. The van der Waals surface area contributed by atoms with E-state index >= 15 is 0 Å². The molecule has 0 N–H and O–H groups in total. The number of hydrogen-bond donors (Lipinski definition) is 0. The summed E-state index contributed by atoms with van der Waals surface area (Å²) in [6, 6.07) is 0.805. The fraction of sp³-hybridized carbons (Fsp3) is 0.800. The van der Waals surface area contributed by atoms with Gasteiger partial charge in [0, 0.05) is 32.0 Å². The van der Waals surface area contributed by atoms with Crippen LogP contribution < -0.4 is 0 Å². The van der Waals surface area contributed by atoms with Crippen LogP contribution >= 0.6 is 0 Å². The summed E-state index contributed by atoms with van der Waals surface area (Å²) in [6.45, 7) is 6.44. The molecule has 6 nitrogen and oxygen atoms in total. The van der Waals surface area contributed by atoms with Crippen molar-refractivity contribution in [2.24, 2.45) is 0 Å². The lowest BCUT2D eigenvalue weighted by atomic mass is 10.0. The fourth-order valence-electron chi connectivity index (χ4n) is 3.76. The predicted octanol–water partition coefficient (Wildman–Crippen LogP) is 1.74. The predicted molar refractivity (Wildman–Crippen MR) is 77.5 cm³/mol. The number of aromatic nitrogens is 2. The Morgan fingerprint density at radius 1 is 1.24 bits per heavy atom. The van der Waals surface area contributed by atoms with E-state index in [9.17, 15) is 4.79 Å². The van der Waals surface area contributed by atoms with Gasteiger partial charge >= 0.3 is 0 Å². The molecule has 2 aliphatic heterocycles. The van der Waals surface area contributed by atoms with Crippen molar-refractivity contribution in [3.05, 3.63) is 11.8 Å². The highest BCUT2D eigenvalue weighted by Gasteiger charge is 2.39. The minimum Gasteiger partial charge on any atom is -0.424 e. The molecule has 0 saturated carbocycles. The molecule has 2 aliphatic rings. The van der Waals surface area contributed by atoms with E-state index in [0.717, 1.165) is 32.4 Å². The summed E-state index contributed by atoms with van der Waals surface area (Å²) in [7, 11) is 0. The number of amides is 1. The van der Waals surface area contributed by atoms with Crippen LogP contribution in [0.2, 0.25) is 0 Å². The van der Waals surface area contributed by atoms with Gasteiger partial charge in [-0.25, -0.2) is 0 Å². The van der Waals surface area contributed by atoms with Crippen molar-refractivity contribution in [2.75, 3.05) is 13.1 Å². The van der Waals surface area contributed by atoms with Crippen molar-refractivity contribution in [3.63, 3.8) is 0 Å². The number of carbonyl (C=O) groups excluding carboxylic acids is 1. The summed E-state index contributed by atoms with van der Waals surface area (Å²) in [5, 5.41) is 8.00. The summed E-state index contributed by atoms with van der Waals surface area (Å²) in [5.41, 5.74) is 0. The zero-order valence-electron chi connectivity index (χ0n) is 12.9. The van der Waals surface area contributed by atoms with E-state index < -0.39 is 0 Å². The van der Waals surface area contributed by atoms with Crippen LogP contribution in [0.5, 0.6) is 0 Å². The maximum absolute atomic E-state index is 12.1. The van der Waals surface area contributed by atoms with E-state index in [4.69, 9.17) is 4.42 Å². The van der Waals surface area contributed by atoms with Crippen LogP contribution in [0.4, 0.5) is 0 Å². The Morgan fingerprint density at radius 2 is 2.00 bits per heavy atom. The van der Waals surface area contributed by atoms with Gasteiger partial charge in [0.05, 0.1) is 6.54 Å². The van der Waals surface area contributed by atoms with Crippen LogP contribution in [0.3, 0.4) is 0 Å². The molecule has 0 aliphatic carbocycles. The second kappa shape index (κ2) is 6.13. The molecule has 0 bridgehead atoms. The first-order chi connectivity index (χ1) is 10.2. The van der Waals surface area contributed by atoms with Gasteiger partial charge in [0.2, 0.25) is 17.7 Å².